The number of aryl methyl sites for hydroxylation is 1. The number of nitrogens with zero attached hydrogens (tertiary/aromatic N) is 2. The van der Waals surface area contributed by atoms with Crippen LogP contribution < -0.4 is 5.32 Å². The summed E-state index contributed by atoms with van der Waals surface area (Å²) in [6.07, 6.45) is 7.97. The number of ether oxygens (including phenoxy) is 3. The summed E-state index contributed by atoms with van der Waals surface area (Å²) >= 11 is 0. The average molecular weight is 508 g/mol. The number of amides is 1. The van der Waals surface area contributed by atoms with Gasteiger partial charge in [0.2, 0.25) is 0 Å². The second-order valence-electron chi connectivity index (χ2n) is 10.8. The molecule has 3 heterocycles. The van der Waals surface area contributed by atoms with Gasteiger partial charge in [0.15, 0.2) is 17.7 Å². The number of esters is 1. The molecule has 194 valence electrons. The summed E-state index contributed by atoms with van der Waals surface area (Å²) < 4.78 is 22.4. The van der Waals surface area contributed by atoms with Crippen molar-refractivity contribution in [2.45, 2.75) is 51.7 Å². The number of cyclic esters (lactones) is 1. The Kier molecular flexibility index (Phi) is 5.40. The van der Waals surface area contributed by atoms with Crippen molar-refractivity contribution in [2.24, 2.45) is 28.6 Å². The van der Waals surface area contributed by atoms with Crippen LogP contribution in [0.4, 0.5) is 10.6 Å². The van der Waals surface area contributed by atoms with Crippen LogP contribution in [0, 0.1) is 35.5 Å². The molecule has 0 bridgehead atoms. The molecule has 0 aromatic carbocycles. The molecular weight excluding hydrogens is 478 g/mol. The molecule has 10 nitrogen and oxygen atoms in total. The molecule has 10 heteroatoms. The van der Waals surface area contributed by atoms with Crippen LogP contribution >= 0.6 is 0 Å². The molecular formula is C27H29N3O7. The summed E-state index contributed by atoms with van der Waals surface area (Å²) in [5.41, 5.74) is 0.342. The first-order chi connectivity index (χ1) is 17.7. The van der Waals surface area contributed by atoms with Crippen molar-refractivity contribution in [3.8, 4) is 0 Å². The van der Waals surface area contributed by atoms with Gasteiger partial charge in [0, 0.05) is 29.2 Å². The zero-order valence-corrected chi connectivity index (χ0v) is 20.9. The van der Waals surface area contributed by atoms with Crippen LogP contribution in [-0.4, -0.2) is 41.0 Å². The quantitative estimate of drug-likeness (QED) is 0.607. The Labute approximate surface area is 213 Å². The normalized spacial score (nSPS) is 36.1. The number of ketones is 1. The van der Waals surface area contributed by atoms with E-state index in [1.807, 2.05) is 6.92 Å². The summed E-state index contributed by atoms with van der Waals surface area (Å²) in [6.45, 7) is 3.80. The van der Waals surface area contributed by atoms with E-state index >= 15 is 0 Å². The van der Waals surface area contributed by atoms with Gasteiger partial charge in [-0.2, -0.15) is 0 Å². The highest BCUT2D eigenvalue weighted by Gasteiger charge is 2.70. The number of rotatable bonds is 4. The predicted molar refractivity (Wildman–Crippen MR) is 128 cm³/mol. The van der Waals surface area contributed by atoms with Crippen molar-refractivity contribution in [2.75, 3.05) is 12.4 Å². The Morgan fingerprint density at radius 3 is 2.76 bits per heavy atom. The Hall–Kier alpha value is -3.69. The molecule has 0 radical (unpaired) electrons. The molecule has 1 amide bonds. The number of furan rings is 1. The number of Topliss-reactive ketones (excluding diaryl/α,β-unsaturated/α-hetero) is 1. The number of nitrogens with one attached hydrogen (secondary N) is 1. The highest BCUT2D eigenvalue weighted by atomic mass is 16.6. The van der Waals surface area contributed by atoms with E-state index in [1.165, 1.54) is 12.4 Å². The summed E-state index contributed by atoms with van der Waals surface area (Å²) in [4.78, 5) is 48.4. The van der Waals surface area contributed by atoms with E-state index in [1.54, 1.807) is 32.6 Å². The molecule has 0 unspecified atom stereocenters. The predicted octanol–water partition coefficient (Wildman–Crippen LogP) is 4.14. The lowest BCUT2D eigenvalue weighted by Crippen LogP contribution is -2.66. The van der Waals surface area contributed by atoms with Gasteiger partial charge in [-0.05, 0) is 43.7 Å². The van der Waals surface area contributed by atoms with E-state index in [0.717, 1.165) is 11.3 Å². The van der Waals surface area contributed by atoms with E-state index in [-0.39, 0.29) is 23.5 Å². The lowest BCUT2D eigenvalue weighted by molar-refractivity contribution is -0.205. The number of carbonyl (C=O) groups is 3. The topological polar surface area (TPSA) is 130 Å². The zero-order valence-electron chi connectivity index (χ0n) is 20.9. The molecule has 37 heavy (non-hydrogen) atoms. The minimum atomic E-state index is -0.985. The Morgan fingerprint density at radius 1 is 1.22 bits per heavy atom. The number of carbonyl (C=O) groups excluding carboxylic acids is 3. The fourth-order valence-corrected chi connectivity index (χ4v) is 7.27. The number of fused-ring (bicyclic) bond motifs is 2. The van der Waals surface area contributed by atoms with Gasteiger partial charge in [-0.25, -0.2) is 9.78 Å². The van der Waals surface area contributed by atoms with Crippen LogP contribution in [-0.2, 0) is 23.8 Å². The monoisotopic (exact) mass is 507 g/mol. The molecule has 1 saturated heterocycles. The highest BCUT2D eigenvalue weighted by molar-refractivity contribution is 5.93. The molecule has 4 aliphatic rings. The highest BCUT2D eigenvalue weighted by Crippen LogP contribution is 2.70. The number of hydrogen-bond donors (Lipinski definition) is 1. The number of aromatic nitrogens is 2. The third-order valence-corrected chi connectivity index (χ3v) is 8.89. The van der Waals surface area contributed by atoms with Crippen molar-refractivity contribution in [1.29, 1.82) is 0 Å². The maximum absolute atomic E-state index is 14.2. The Bertz CT molecular complexity index is 1270. The second-order valence-corrected chi connectivity index (χ2v) is 10.8. The van der Waals surface area contributed by atoms with Crippen molar-refractivity contribution in [1.82, 2.24) is 9.97 Å². The first kappa shape index (κ1) is 23.7. The van der Waals surface area contributed by atoms with E-state index in [2.05, 4.69) is 21.4 Å². The molecule has 6 rings (SSSR count). The molecule has 7 atom stereocenters. The van der Waals surface area contributed by atoms with Crippen molar-refractivity contribution in [3.63, 3.8) is 0 Å². The number of allylic oxidation sites excluding steroid dienone is 2. The smallest absolute Gasteiger partial charge is 0.413 e. The number of anilines is 1. The molecule has 3 fully saturated rings. The minimum Gasteiger partial charge on any atom is -0.501 e. The lowest BCUT2D eigenvalue weighted by atomic mass is 9.39. The van der Waals surface area contributed by atoms with Crippen molar-refractivity contribution >= 4 is 23.7 Å². The number of methoxy groups -OCH3 is 1. The van der Waals surface area contributed by atoms with Crippen molar-refractivity contribution < 1.29 is 33.0 Å². The molecule has 1 N–H and O–H groups in total. The van der Waals surface area contributed by atoms with E-state index < -0.39 is 41.0 Å². The summed E-state index contributed by atoms with van der Waals surface area (Å²) in [6, 6.07) is 1.78. The summed E-state index contributed by atoms with van der Waals surface area (Å²) in [5.74, 6) is -0.476. The van der Waals surface area contributed by atoms with Crippen molar-refractivity contribution in [3.05, 3.63) is 54.1 Å². The van der Waals surface area contributed by atoms with Gasteiger partial charge >= 0.3 is 12.1 Å². The van der Waals surface area contributed by atoms with Gasteiger partial charge < -0.3 is 18.6 Å². The van der Waals surface area contributed by atoms with E-state index in [0.29, 0.717) is 31.4 Å². The summed E-state index contributed by atoms with van der Waals surface area (Å²) in [7, 11) is 1.61. The number of hydrogen-bond acceptors (Lipinski definition) is 9. The fraction of sp³-hybridized carbons (Fsp3) is 0.519. The third-order valence-electron chi connectivity index (χ3n) is 8.89. The molecule has 1 spiro atoms. The van der Waals surface area contributed by atoms with Gasteiger partial charge in [-0.3, -0.25) is 19.9 Å². The lowest BCUT2D eigenvalue weighted by Gasteiger charge is -2.64. The standard InChI is InChI=1S/C27H29N3O7/c1-14-11-29-21(12-28-14)30-25(33)37-18-8-17-20(34-3)10-27(17)6-4-16-24(32)36-19(15-5-7-35-13-15)9-26(16,2)23(27)22(18)31/h5,7,10-13,16-19,23H,4,6,8-9H2,1-3H3,(H,29,30,33)/t16-,17-,18-,19-,23+,26-,27+/m0/s1. The molecule has 2 saturated carbocycles. The van der Waals surface area contributed by atoms with Gasteiger partial charge in [-0.15, -0.1) is 0 Å². The van der Waals surface area contributed by atoms with Crippen LogP contribution in [0.3, 0.4) is 0 Å². The second kappa shape index (κ2) is 8.43. The Morgan fingerprint density at radius 2 is 2.05 bits per heavy atom. The zero-order chi connectivity index (χ0) is 25.9. The fourth-order valence-electron chi connectivity index (χ4n) is 7.27. The summed E-state index contributed by atoms with van der Waals surface area (Å²) in [5, 5.41) is 2.56. The SMILES string of the molecule is COC1=C[C@@]23CC[C@H]4C(=O)O[C@H](c5ccoc5)C[C@]4(C)[C@H]2C(=O)[C@@H](OC(=O)Nc2cnc(C)cn2)C[C@@H]13. The van der Waals surface area contributed by atoms with Crippen LogP contribution in [0.25, 0.3) is 0 Å². The molecule has 2 aromatic heterocycles. The van der Waals surface area contributed by atoms with Gasteiger partial charge in [-0.1, -0.05) is 6.92 Å². The Balaban J connectivity index is 1.32. The largest absolute Gasteiger partial charge is 0.501 e. The van der Waals surface area contributed by atoms with Crippen LogP contribution in [0.5, 0.6) is 0 Å². The van der Waals surface area contributed by atoms with Gasteiger partial charge in [0.05, 0.1) is 49.4 Å². The van der Waals surface area contributed by atoms with E-state index in [9.17, 15) is 14.4 Å². The van der Waals surface area contributed by atoms with E-state index in [4.69, 9.17) is 18.6 Å². The maximum atomic E-state index is 14.2. The first-order valence-corrected chi connectivity index (χ1v) is 12.5. The maximum Gasteiger partial charge on any atom is 0.413 e. The molecule has 3 aliphatic carbocycles. The first-order valence-electron chi connectivity index (χ1n) is 12.5. The molecule has 1 aliphatic heterocycles. The minimum absolute atomic E-state index is 0.0831. The molecule has 2 aromatic rings. The van der Waals surface area contributed by atoms with Crippen LogP contribution in [0.15, 0.2) is 47.2 Å². The van der Waals surface area contributed by atoms with Gasteiger partial charge in [0.25, 0.3) is 0 Å². The average Bonchev–Trinajstić information content (AvgIpc) is 3.39. The van der Waals surface area contributed by atoms with Gasteiger partial charge in [0.1, 0.15) is 6.10 Å². The van der Waals surface area contributed by atoms with Crippen LogP contribution in [0.2, 0.25) is 0 Å². The third kappa shape index (κ3) is 3.56. The van der Waals surface area contributed by atoms with Crippen LogP contribution in [0.1, 0.15) is 50.0 Å².